The summed E-state index contributed by atoms with van der Waals surface area (Å²) in [4.78, 5) is 54.9. The summed E-state index contributed by atoms with van der Waals surface area (Å²) in [5.41, 5.74) is 3.59. The fourth-order valence-electron chi connectivity index (χ4n) is 5.25. The molecule has 2 saturated heterocycles. The number of nitrogens with zero attached hydrogens (tertiary/aromatic N) is 3. The van der Waals surface area contributed by atoms with E-state index >= 15 is 0 Å². The molecule has 5 rings (SSSR count). The normalized spacial score (nSPS) is 19.8. The Morgan fingerprint density at radius 3 is 2.58 bits per heavy atom. The molecular formula is C28H33N5O5. The lowest BCUT2D eigenvalue weighted by molar-refractivity contribution is -0.136. The number of alkyl carbamates (subject to hydrolysis) is 1. The van der Waals surface area contributed by atoms with Gasteiger partial charge in [0.1, 0.15) is 12.6 Å². The lowest BCUT2D eigenvalue weighted by atomic mass is 10.0. The minimum absolute atomic E-state index is 0.150. The number of rotatable bonds is 8. The fraction of sp³-hybridized carbons (Fsp3) is 0.429. The van der Waals surface area contributed by atoms with Crippen LogP contribution in [0.1, 0.15) is 40.7 Å². The Bertz CT molecular complexity index is 1200. The van der Waals surface area contributed by atoms with Crippen molar-refractivity contribution in [3.8, 4) is 0 Å². The molecule has 2 aromatic rings. The molecule has 2 N–H and O–H groups in total. The number of fused-ring (bicyclic) bond motifs is 1. The molecule has 0 aliphatic carbocycles. The van der Waals surface area contributed by atoms with Gasteiger partial charge in [0, 0.05) is 56.9 Å². The molecule has 1 unspecified atom stereocenters. The number of carbonyl (C=O) groups excluding carboxylic acids is 4. The van der Waals surface area contributed by atoms with Crippen LogP contribution in [-0.2, 0) is 27.5 Å². The summed E-state index contributed by atoms with van der Waals surface area (Å²) in [6.07, 6.45) is 1.06. The highest BCUT2D eigenvalue weighted by Crippen LogP contribution is 2.31. The predicted octanol–water partition coefficient (Wildman–Crippen LogP) is 1.89. The number of ether oxygens (including phenoxy) is 1. The van der Waals surface area contributed by atoms with E-state index in [-0.39, 0.29) is 24.8 Å². The van der Waals surface area contributed by atoms with Crippen LogP contribution in [0, 0.1) is 0 Å². The van der Waals surface area contributed by atoms with Gasteiger partial charge in [-0.25, -0.2) is 4.79 Å². The summed E-state index contributed by atoms with van der Waals surface area (Å²) in [5.74, 6) is -0.823. The van der Waals surface area contributed by atoms with Gasteiger partial charge in [-0.3, -0.25) is 24.6 Å². The molecule has 200 valence electrons. The van der Waals surface area contributed by atoms with Gasteiger partial charge in [0.2, 0.25) is 11.8 Å². The Hall–Kier alpha value is -3.92. The Morgan fingerprint density at radius 1 is 1.03 bits per heavy atom. The first-order valence-corrected chi connectivity index (χ1v) is 13.2. The van der Waals surface area contributed by atoms with Crippen molar-refractivity contribution in [1.82, 2.24) is 20.4 Å². The monoisotopic (exact) mass is 519 g/mol. The summed E-state index contributed by atoms with van der Waals surface area (Å²) in [7, 11) is 0. The first-order chi connectivity index (χ1) is 18.5. The van der Waals surface area contributed by atoms with Gasteiger partial charge in [0.25, 0.3) is 5.91 Å². The average molecular weight is 520 g/mol. The molecule has 38 heavy (non-hydrogen) atoms. The first kappa shape index (κ1) is 25.7. The maximum atomic E-state index is 12.9. The summed E-state index contributed by atoms with van der Waals surface area (Å²) in [5, 5.41) is 5.16. The number of anilines is 1. The van der Waals surface area contributed by atoms with E-state index in [1.165, 1.54) is 0 Å². The Morgan fingerprint density at radius 2 is 1.82 bits per heavy atom. The third kappa shape index (κ3) is 5.96. The summed E-state index contributed by atoms with van der Waals surface area (Å²) in [6.45, 7) is 5.68. The molecule has 10 nitrogen and oxygen atoms in total. The number of carbonyl (C=O) groups is 4. The number of hydrogen-bond acceptors (Lipinski definition) is 7. The standard InChI is InChI=1S/C28H33N5O5/c34-25-10-9-24(26(35)30-25)33-18-21-17-22(7-8-23(21)27(33)36)32-15-13-31(14-16-32)12-4-11-29-28(37)38-19-20-5-2-1-3-6-20/h1-3,5-8,17,24H,4,9-16,18-19H2,(H,29,37)(H,30,34,35). The van der Waals surface area contributed by atoms with E-state index in [1.54, 1.807) is 4.90 Å². The van der Waals surface area contributed by atoms with Crippen LogP contribution in [0.25, 0.3) is 0 Å². The highest BCUT2D eigenvalue weighted by atomic mass is 16.5. The summed E-state index contributed by atoms with van der Waals surface area (Å²) < 4.78 is 5.24. The van der Waals surface area contributed by atoms with Gasteiger partial charge in [0.05, 0.1) is 0 Å². The van der Waals surface area contributed by atoms with Gasteiger partial charge in [-0.2, -0.15) is 0 Å². The number of nitrogens with one attached hydrogen (secondary N) is 2. The van der Waals surface area contributed by atoms with Crippen molar-refractivity contribution in [2.75, 3.05) is 44.2 Å². The van der Waals surface area contributed by atoms with Crippen LogP contribution in [-0.4, -0.2) is 78.9 Å². The fourth-order valence-corrected chi connectivity index (χ4v) is 5.25. The van der Waals surface area contributed by atoms with Crippen molar-refractivity contribution >= 4 is 29.5 Å². The van der Waals surface area contributed by atoms with Gasteiger partial charge >= 0.3 is 6.09 Å². The van der Waals surface area contributed by atoms with Gasteiger partial charge in [-0.1, -0.05) is 30.3 Å². The predicted molar refractivity (Wildman–Crippen MR) is 140 cm³/mol. The molecule has 0 radical (unpaired) electrons. The number of piperidine rings is 1. The SMILES string of the molecule is O=C1CCC(N2Cc3cc(N4CCN(CCCNC(=O)OCc5ccccc5)CC4)ccc3C2=O)C(=O)N1. The Balaban J connectivity index is 1.04. The van der Waals surface area contributed by atoms with Crippen molar-refractivity contribution < 1.29 is 23.9 Å². The minimum atomic E-state index is -0.597. The Kier molecular flexibility index (Phi) is 7.88. The molecule has 3 heterocycles. The number of benzene rings is 2. The zero-order valence-electron chi connectivity index (χ0n) is 21.4. The van der Waals surface area contributed by atoms with Crippen molar-refractivity contribution in [3.63, 3.8) is 0 Å². The molecule has 3 aliphatic rings. The van der Waals surface area contributed by atoms with Crippen LogP contribution in [0.5, 0.6) is 0 Å². The molecule has 10 heteroatoms. The smallest absolute Gasteiger partial charge is 0.407 e. The zero-order valence-corrected chi connectivity index (χ0v) is 21.4. The summed E-state index contributed by atoms with van der Waals surface area (Å²) >= 11 is 0. The van der Waals surface area contributed by atoms with Crippen LogP contribution in [0.15, 0.2) is 48.5 Å². The van der Waals surface area contributed by atoms with E-state index in [0.29, 0.717) is 25.1 Å². The summed E-state index contributed by atoms with van der Waals surface area (Å²) in [6, 6.07) is 14.9. The van der Waals surface area contributed by atoms with E-state index in [9.17, 15) is 19.2 Å². The molecular weight excluding hydrogens is 486 g/mol. The largest absolute Gasteiger partial charge is 0.445 e. The van der Waals surface area contributed by atoms with Crippen LogP contribution in [0.3, 0.4) is 0 Å². The Labute approximate surface area is 221 Å². The molecule has 4 amide bonds. The van der Waals surface area contributed by atoms with Gasteiger partial charge < -0.3 is 19.9 Å². The van der Waals surface area contributed by atoms with Gasteiger partial charge in [-0.05, 0) is 48.7 Å². The third-order valence-corrected chi connectivity index (χ3v) is 7.38. The highest BCUT2D eigenvalue weighted by Gasteiger charge is 2.39. The number of amides is 4. The van der Waals surface area contributed by atoms with Crippen LogP contribution < -0.4 is 15.5 Å². The zero-order chi connectivity index (χ0) is 26.5. The van der Waals surface area contributed by atoms with Crippen LogP contribution in [0.4, 0.5) is 10.5 Å². The molecule has 0 spiro atoms. The number of imide groups is 1. The lowest BCUT2D eigenvalue weighted by Gasteiger charge is -2.36. The molecule has 3 aliphatic heterocycles. The van der Waals surface area contributed by atoms with E-state index in [2.05, 4.69) is 26.5 Å². The number of piperazine rings is 1. The maximum Gasteiger partial charge on any atom is 0.407 e. The highest BCUT2D eigenvalue weighted by molar-refractivity contribution is 6.05. The van der Waals surface area contributed by atoms with Crippen molar-refractivity contribution in [2.45, 2.75) is 38.5 Å². The topological polar surface area (TPSA) is 111 Å². The van der Waals surface area contributed by atoms with Crippen molar-refractivity contribution in [3.05, 3.63) is 65.2 Å². The molecule has 2 aromatic carbocycles. The van der Waals surface area contributed by atoms with Crippen LogP contribution in [0.2, 0.25) is 0 Å². The second kappa shape index (κ2) is 11.6. The quantitative estimate of drug-likeness (QED) is 0.405. The van der Waals surface area contributed by atoms with E-state index in [1.807, 2.05) is 42.5 Å². The maximum absolute atomic E-state index is 12.9. The van der Waals surface area contributed by atoms with Crippen LogP contribution >= 0.6 is 0 Å². The molecule has 1 atom stereocenters. The average Bonchev–Trinajstić information content (AvgIpc) is 3.26. The first-order valence-electron chi connectivity index (χ1n) is 13.2. The van der Waals surface area contributed by atoms with Crippen molar-refractivity contribution in [2.24, 2.45) is 0 Å². The molecule has 0 saturated carbocycles. The molecule has 0 bridgehead atoms. The van der Waals surface area contributed by atoms with Gasteiger partial charge in [-0.15, -0.1) is 0 Å². The van der Waals surface area contributed by atoms with E-state index in [0.717, 1.165) is 56.0 Å². The lowest BCUT2D eigenvalue weighted by Crippen LogP contribution is -2.52. The molecule has 0 aromatic heterocycles. The van der Waals surface area contributed by atoms with Crippen molar-refractivity contribution in [1.29, 1.82) is 0 Å². The van der Waals surface area contributed by atoms with Gasteiger partial charge in [0.15, 0.2) is 0 Å². The third-order valence-electron chi connectivity index (χ3n) is 7.38. The second-order valence-electron chi connectivity index (χ2n) is 9.91. The molecule has 2 fully saturated rings. The minimum Gasteiger partial charge on any atom is -0.445 e. The van der Waals surface area contributed by atoms with E-state index in [4.69, 9.17) is 4.74 Å². The number of hydrogen-bond donors (Lipinski definition) is 2. The second-order valence-corrected chi connectivity index (χ2v) is 9.91. The van der Waals surface area contributed by atoms with E-state index < -0.39 is 18.0 Å².